The number of imidazole rings is 1. The van der Waals surface area contributed by atoms with Crippen LogP contribution in [-0.4, -0.2) is 41.1 Å². The van der Waals surface area contributed by atoms with E-state index in [1.807, 2.05) is 25.1 Å². The minimum atomic E-state index is -0.722. The van der Waals surface area contributed by atoms with Gasteiger partial charge in [-0.05, 0) is 50.6 Å². The van der Waals surface area contributed by atoms with Crippen LogP contribution in [0.4, 0.5) is 0 Å². The van der Waals surface area contributed by atoms with Crippen molar-refractivity contribution in [1.82, 2.24) is 14.7 Å². The fraction of sp³-hybridized carbons (Fsp3) is 0.318. The van der Waals surface area contributed by atoms with E-state index in [2.05, 4.69) is 15.0 Å². The molecule has 0 bridgehead atoms. The van der Waals surface area contributed by atoms with E-state index < -0.39 is 12.1 Å². The highest BCUT2D eigenvalue weighted by atomic mass is 16.6. The Morgan fingerprint density at radius 2 is 2.03 bits per heavy atom. The Morgan fingerprint density at radius 3 is 2.77 bits per heavy atom. The van der Waals surface area contributed by atoms with Crippen molar-refractivity contribution in [3.63, 3.8) is 0 Å². The third-order valence-corrected chi connectivity index (χ3v) is 4.50. The molecule has 0 saturated heterocycles. The molecule has 0 fully saturated rings. The molecule has 1 atom stereocenters. The minimum Gasteiger partial charge on any atom is -0.490 e. The molecular formula is C22H25N3O5. The number of fused-ring (bicyclic) bond motifs is 1. The summed E-state index contributed by atoms with van der Waals surface area (Å²) in [4.78, 5) is 28.9. The summed E-state index contributed by atoms with van der Waals surface area (Å²) in [6, 6.07) is 10.8. The van der Waals surface area contributed by atoms with Gasteiger partial charge in [-0.3, -0.25) is 9.20 Å². The number of hydrogen-bond donors (Lipinski definition) is 1. The molecule has 1 aromatic carbocycles. The summed E-state index contributed by atoms with van der Waals surface area (Å²) >= 11 is 0. The number of methoxy groups -OCH3 is 1. The van der Waals surface area contributed by atoms with E-state index in [0.717, 1.165) is 5.56 Å². The second kappa shape index (κ2) is 9.30. The van der Waals surface area contributed by atoms with Crippen molar-refractivity contribution in [3.05, 3.63) is 59.5 Å². The molecule has 0 aliphatic rings. The monoisotopic (exact) mass is 411 g/mol. The molecule has 0 unspecified atom stereocenters. The van der Waals surface area contributed by atoms with Crippen molar-refractivity contribution in [3.8, 4) is 11.5 Å². The molecule has 8 heteroatoms. The zero-order valence-electron chi connectivity index (χ0n) is 17.5. The second-order valence-electron chi connectivity index (χ2n) is 6.66. The molecule has 1 amide bonds. The molecule has 1 N–H and O–H groups in total. The van der Waals surface area contributed by atoms with Gasteiger partial charge in [0.25, 0.3) is 5.91 Å². The highest BCUT2D eigenvalue weighted by Gasteiger charge is 2.19. The van der Waals surface area contributed by atoms with Crippen LogP contribution >= 0.6 is 0 Å². The standard InChI is InChI=1S/C22H25N3O5/c1-5-29-18-10-7-11-25-19(14(2)24-20(18)25)21(26)23-13-16-8-6-9-17(12-16)30-15(3)22(27)28-4/h6-12,15H,5,13H2,1-4H3,(H,23,26)/t15-/m1/s1. The van der Waals surface area contributed by atoms with Crippen LogP contribution in [0.3, 0.4) is 0 Å². The summed E-state index contributed by atoms with van der Waals surface area (Å²) in [6.07, 6.45) is 1.07. The third kappa shape index (κ3) is 4.53. The number of ether oxygens (including phenoxy) is 3. The number of rotatable bonds is 8. The van der Waals surface area contributed by atoms with E-state index in [1.54, 1.807) is 42.6 Å². The van der Waals surface area contributed by atoms with Crippen LogP contribution in [0.1, 0.15) is 35.6 Å². The topological polar surface area (TPSA) is 91.2 Å². The van der Waals surface area contributed by atoms with Crippen LogP contribution in [0.25, 0.3) is 5.65 Å². The molecular weight excluding hydrogens is 386 g/mol. The Bertz CT molecular complexity index is 1060. The Labute approximate surface area is 174 Å². The van der Waals surface area contributed by atoms with Crippen LogP contribution in [0, 0.1) is 6.92 Å². The van der Waals surface area contributed by atoms with Crippen molar-refractivity contribution in [1.29, 1.82) is 0 Å². The lowest BCUT2D eigenvalue weighted by Crippen LogP contribution is -2.26. The highest BCUT2D eigenvalue weighted by Crippen LogP contribution is 2.22. The molecule has 0 aliphatic carbocycles. The maximum atomic E-state index is 12.9. The lowest BCUT2D eigenvalue weighted by molar-refractivity contribution is -0.147. The van der Waals surface area contributed by atoms with E-state index in [4.69, 9.17) is 9.47 Å². The van der Waals surface area contributed by atoms with Gasteiger partial charge in [0.1, 0.15) is 11.4 Å². The van der Waals surface area contributed by atoms with Gasteiger partial charge in [0.15, 0.2) is 17.5 Å². The molecule has 8 nitrogen and oxygen atoms in total. The van der Waals surface area contributed by atoms with E-state index >= 15 is 0 Å². The molecule has 2 heterocycles. The van der Waals surface area contributed by atoms with Gasteiger partial charge < -0.3 is 19.5 Å². The molecule has 2 aromatic heterocycles. The number of esters is 1. The summed E-state index contributed by atoms with van der Waals surface area (Å²) in [6.45, 7) is 6.11. The number of nitrogens with zero attached hydrogens (tertiary/aromatic N) is 2. The van der Waals surface area contributed by atoms with Gasteiger partial charge in [-0.1, -0.05) is 12.1 Å². The van der Waals surface area contributed by atoms with E-state index in [9.17, 15) is 9.59 Å². The first kappa shape index (κ1) is 21.2. The Kier molecular flexibility index (Phi) is 6.56. The SMILES string of the molecule is CCOc1cccn2c(C(=O)NCc3cccc(O[C@H](C)C(=O)OC)c3)c(C)nc12. The lowest BCUT2D eigenvalue weighted by Gasteiger charge is -2.13. The van der Waals surface area contributed by atoms with Crippen molar-refractivity contribution in [2.75, 3.05) is 13.7 Å². The van der Waals surface area contributed by atoms with E-state index in [-0.39, 0.29) is 5.91 Å². The van der Waals surface area contributed by atoms with Gasteiger partial charge in [0.2, 0.25) is 0 Å². The first-order chi connectivity index (χ1) is 14.4. The maximum Gasteiger partial charge on any atom is 0.346 e. The van der Waals surface area contributed by atoms with Gasteiger partial charge in [-0.15, -0.1) is 0 Å². The van der Waals surface area contributed by atoms with Crippen molar-refractivity contribution >= 4 is 17.5 Å². The zero-order chi connectivity index (χ0) is 21.7. The quantitative estimate of drug-likeness (QED) is 0.573. The molecule has 0 aliphatic heterocycles. The molecule has 3 aromatic rings. The summed E-state index contributed by atoms with van der Waals surface area (Å²) < 4.78 is 17.6. The van der Waals surface area contributed by atoms with Gasteiger partial charge in [0.05, 0.1) is 19.4 Å². The highest BCUT2D eigenvalue weighted by molar-refractivity contribution is 5.95. The smallest absolute Gasteiger partial charge is 0.346 e. The summed E-state index contributed by atoms with van der Waals surface area (Å²) in [7, 11) is 1.31. The first-order valence-electron chi connectivity index (χ1n) is 9.66. The summed E-state index contributed by atoms with van der Waals surface area (Å²) in [5.74, 6) is 0.449. The number of benzene rings is 1. The molecule has 158 valence electrons. The van der Waals surface area contributed by atoms with Crippen molar-refractivity contribution in [2.24, 2.45) is 0 Å². The fourth-order valence-electron chi connectivity index (χ4n) is 3.11. The van der Waals surface area contributed by atoms with Crippen LogP contribution in [0.5, 0.6) is 11.5 Å². The Hall–Kier alpha value is -3.55. The number of hydrogen-bond acceptors (Lipinski definition) is 6. The van der Waals surface area contributed by atoms with Gasteiger partial charge >= 0.3 is 5.97 Å². The van der Waals surface area contributed by atoms with Crippen LogP contribution < -0.4 is 14.8 Å². The van der Waals surface area contributed by atoms with Crippen LogP contribution in [-0.2, 0) is 16.1 Å². The normalized spacial score (nSPS) is 11.7. The number of pyridine rings is 1. The number of aromatic nitrogens is 2. The number of nitrogens with one attached hydrogen (secondary N) is 1. The zero-order valence-corrected chi connectivity index (χ0v) is 17.5. The minimum absolute atomic E-state index is 0.247. The Balaban J connectivity index is 1.73. The average molecular weight is 411 g/mol. The van der Waals surface area contributed by atoms with Gasteiger partial charge in [-0.25, -0.2) is 9.78 Å². The maximum absolute atomic E-state index is 12.9. The Morgan fingerprint density at radius 1 is 1.23 bits per heavy atom. The molecule has 0 saturated carbocycles. The lowest BCUT2D eigenvalue weighted by atomic mass is 10.2. The van der Waals surface area contributed by atoms with E-state index in [1.165, 1.54) is 7.11 Å². The largest absolute Gasteiger partial charge is 0.490 e. The number of amides is 1. The predicted molar refractivity (Wildman–Crippen MR) is 111 cm³/mol. The molecule has 3 rings (SSSR count). The summed E-state index contributed by atoms with van der Waals surface area (Å²) in [5.41, 5.74) is 2.51. The van der Waals surface area contributed by atoms with Crippen LogP contribution in [0.15, 0.2) is 42.6 Å². The number of carbonyl (C=O) groups excluding carboxylic acids is 2. The second-order valence-corrected chi connectivity index (χ2v) is 6.66. The van der Waals surface area contributed by atoms with Crippen molar-refractivity contribution < 1.29 is 23.8 Å². The van der Waals surface area contributed by atoms with Crippen molar-refractivity contribution in [2.45, 2.75) is 33.4 Å². The van der Waals surface area contributed by atoms with Gasteiger partial charge in [-0.2, -0.15) is 0 Å². The number of aryl methyl sites for hydroxylation is 1. The summed E-state index contributed by atoms with van der Waals surface area (Å²) in [5, 5.41) is 2.91. The first-order valence-corrected chi connectivity index (χ1v) is 9.66. The predicted octanol–water partition coefficient (Wildman–Crippen LogP) is 2.91. The number of carbonyl (C=O) groups is 2. The molecule has 0 radical (unpaired) electrons. The van der Waals surface area contributed by atoms with E-state index in [0.29, 0.717) is 41.7 Å². The van der Waals surface area contributed by atoms with Gasteiger partial charge in [0, 0.05) is 12.7 Å². The third-order valence-electron chi connectivity index (χ3n) is 4.50. The van der Waals surface area contributed by atoms with Crippen LogP contribution in [0.2, 0.25) is 0 Å². The fourth-order valence-corrected chi connectivity index (χ4v) is 3.11. The molecule has 30 heavy (non-hydrogen) atoms. The average Bonchev–Trinajstić information content (AvgIpc) is 3.08. The molecule has 0 spiro atoms.